The van der Waals surface area contributed by atoms with Gasteiger partial charge in [0.2, 0.25) is 0 Å². The van der Waals surface area contributed by atoms with Crippen molar-refractivity contribution in [2.75, 3.05) is 7.11 Å². The summed E-state index contributed by atoms with van der Waals surface area (Å²) in [5.74, 6) is 0. The van der Waals surface area contributed by atoms with Gasteiger partial charge < -0.3 is 9.72 Å². The number of aromatic nitrogens is 2. The topological polar surface area (TPSA) is 37.9 Å². The first kappa shape index (κ1) is 6.13. The van der Waals surface area contributed by atoms with E-state index in [0.29, 0.717) is 6.01 Å². The van der Waals surface area contributed by atoms with Gasteiger partial charge in [-0.25, -0.2) is 4.98 Å². The molecule has 0 bridgehead atoms. The second kappa shape index (κ2) is 2.09. The van der Waals surface area contributed by atoms with Gasteiger partial charge in [0.05, 0.1) is 12.8 Å². The van der Waals surface area contributed by atoms with Crippen molar-refractivity contribution < 1.29 is 4.74 Å². The molecule has 9 heavy (non-hydrogen) atoms. The lowest BCUT2D eigenvalue weighted by atomic mass is 10.4. The zero-order valence-corrected chi connectivity index (χ0v) is 5.86. The Morgan fingerprint density at radius 3 is 2.33 bits per heavy atom. The smallest absolute Gasteiger partial charge is 0.293 e. The second-order valence-corrected chi connectivity index (χ2v) is 1.96. The molecular formula is C6H10N2O. The van der Waals surface area contributed by atoms with Crippen molar-refractivity contribution in [2.24, 2.45) is 0 Å². The number of aryl methyl sites for hydroxylation is 2. The zero-order chi connectivity index (χ0) is 6.85. The standard InChI is InChI=1S/C6H10N2O/c1-4-5(2)8-6(7-4)9-3/h1-3H3,(H,7,8). The van der Waals surface area contributed by atoms with Crippen LogP contribution in [-0.4, -0.2) is 17.1 Å². The fourth-order valence-corrected chi connectivity index (χ4v) is 0.612. The number of nitrogens with one attached hydrogen (secondary N) is 1. The van der Waals surface area contributed by atoms with Crippen LogP contribution in [0.3, 0.4) is 0 Å². The predicted molar refractivity (Wildman–Crippen MR) is 34.6 cm³/mol. The van der Waals surface area contributed by atoms with E-state index in [1.165, 1.54) is 0 Å². The Morgan fingerprint density at radius 2 is 2.11 bits per heavy atom. The third-order valence-corrected chi connectivity index (χ3v) is 1.30. The van der Waals surface area contributed by atoms with Crippen LogP contribution >= 0.6 is 0 Å². The Morgan fingerprint density at radius 1 is 1.44 bits per heavy atom. The Balaban J connectivity index is 2.98. The predicted octanol–water partition coefficient (Wildman–Crippen LogP) is 1.04. The fourth-order valence-electron chi connectivity index (χ4n) is 0.612. The Hall–Kier alpha value is -0.990. The largest absolute Gasteiger partial charge is 0.468 e. The van der Waals surface area contributed by atoms with Crippen LogP contribution in [0.25, 0.3) is 0 Å². The van der Waals surface area contributed by atoms with Crippen LogP contribution in [0.15, 0.2) is 0 Å². The maximum absolute atomic E-state index is 4.85. The Kier molecular flexibility index (Phi) is 1.42. The van der Waals surface area contributed by atoms with Crippen molar-refractivity contribution in [3.05, 3.63) is 11.4 Å². The molecule has 0 atom stereocenters. The maximum Gasteiger partial charge on any atom is 0.293 e. The van der Waals surface area contributed by atoms with Crippen LogP contribution in [0.4, 0.5) is 0 Å². The Labute approximate surface area is 54.1 Å². The number of hydrogen-bond donors (Lipinski definition) is 1. The van der Waals surface area contributed by atoms with Gasteiger partial charge in [-0.15, -0.1) is 0 Å². The number of ether oxygens (including phenoxy) is 1. The molecule has 0 aliphatic rings. The summed E-state index contributed by atoms with van der Waals surface area (Å²) in [6.45, 7) is 3.90. The molecule has 0 aliphatic heterocycles. The van der Waals surface area contributed by atoms with Gasteiger partial charge in [0.15, 0.2) is 0 Å². The highest BCUT2D eigenvalue weighted by atomic mass is 16.5. The lowest BCUT2D eigenvalue weighted by Gasteiger charge is -1.87. The van der Waals surface area contributed by atoms with Gasteiger partial charge in [-0.05, 0) is 13.8 Å². The molecule has 1 heterocycles. The molecular weight excluding hydrogens is 116 g/mol. The van der Waals surface area contributed by atoms with Gasteiger partial charge in [0.25, 0.3) is 6.01 Å². The quantitative estimate of drug-likeness (QED) is 0.610. The number of rotatable bonds is 1. The molecule has 0 aliphatic carbocycles. The minimum atomic E-state index is 0.588. The van der Waals surface area contributed by atoms with Gasteiger partial charge in [0.1, 0.15) is 0 Å². The number of hydrogen-bond acceptors (Lipinski definition) is 2. The van der Waals surface area contributed by atoms with E-state index in [9.17, 15) is 0 Å². The van der Waals surface area contributed by atoms with Crippen molar-refractivity contribution in [3.63, 3.8) is 0 Å². The van der Waals surface area contributed by atoms with E-state index < -0.39 is 0 Å². The van der Waals surface area contributed by atoms with Crippen LogP contribution in [-0.2, 0) is 0 Å². The van der Waals surface area contributed by atoms with E-state index in [2.05, 4.69) is 9.97 Å². The fraction of sp³-hybridized carbons (Fsp3) is 0.500. The molecule has 0 aromatic carbocycles. The first-order valence-electron chi connectivity index (χ1n) is 2.81. The molecule has 0 fully saturated rings. The van der Waals surface area contributed by atoms with Crippen LogP contribution < -0.4 is 4.74 Å². The number of aromatic amines is 1. The Bertz CT molecular complexity index is 185. The van der Waals surface area contributed by atoms with Crippen LogP contribution in [0, 0.1) is 13.8 Å². The zero-order valence-electron chi connectivity index (χ0n) is 5.86. The van der Waals surface area contributed by atoms with Gasteiger partial charge in [-0.1, -0.05) is 0 Å². The van der Waals surface area contributed by atoms with Gasteiger partial charge in [-0.2, -0.15) is 0 Å². The normalized spacial score (nSPS) is 9.67. The third-order valence-electron chi connectivity index (χ3n) is 1.30. The first-order valence-corrected chi connectivity index (χ1v) is 2.81. The molecule has 1 aromatic heterocycles. The molecule has 0 saturated heterocycles. The summed E-state index contributed by atoms with van der Waals surface area (Å²) in [6, 6.07) is 0.588. The van der Waals surface area contributed by atoms with Crippen molar-refractivity contribution >= 4 is 0 Å². The summed E-state index contributed by atoms with van der Waals surface area (Å²) in [4.78, 5) is 7.01. The highest BCUT2D eigenvalue weighted by Crippen LogP contribution is 2.07. The minimum absolute atomic E-state index is 0.588. The second-order valence-electron chi connectivity index (χ2n) is 1.96. The van der Waals surface area contributed by atoms with Gasteiger partial charge in [0, 0.05) is 5.69 Å². The SMILES string of the molecule is COc1nc(C)c(C)[nH]1. The third kappa shape index (κ3) is 1.04. The summed E-state index contributed by atoms with van der Waals surface area (Å²) in [5.41, 5.74) is 2.05. The molecule has 0 saturated carbocycles. The van der Waals surface area contributed by atoms with E-state index in [-0.39, 0.29) is 0 Å². The van der Waals surface area contributed by atoms with Crippen molar-refractivity contribution in [1.29, 1.82) is 0 Å². The monoisotopic (exact) mass is 126 g/mol. The number of methoxy groups -OCH3 is 1. The summed E-state index contributed by atoms with van der Waals surface area (Å²) in [6.07, 6.45) is 0. The van der Waals surface area contributed by atoms with E-state index >= 15 is 0 Å². The molecule has 0 amide bonds. The molecule has 1 N–H and O–H groups in total. The minimum Gasteiger partial charge on any atom is -0.468 e. The molecule has 3 nitrogen and oxygen atoms in total. The average Bonchev–Trinajstić information content (AvgIpc) is 2.13. The van der Waals surface area contributed by atoms with Crippen LogP contribution in [0.1, 0.15) is 11.4 Å². The van der Waals surface area contributed by atoms with Gasteiger partial charge >= 0.3 is 0 Å². The number of nitrogens with zero attached hydrogens (tertiary/aromatic N) is 1. The molecule has 1 aromatic rings. The number of imidazole rings is 1. The lowest BCUT2D eigenvalue weighted by Crippen LogP contribution is -1.83. The molecule has 0 radical (unpaired) electrons. The average molecular weight is 126 g/mol. The van der Waals surface area contributed by atoms with Crippen molar-refractivity contribution in [3.8, 4) is 6.01 Å². The van der Waals surface area contributed by atoms with Gasteiger partial charge in [-0.3, -0.25) is 0 Å². The van der Waals surface area contributed by atoms with Crippen molar-refractivity contribution in [2.45, 2.75) is 13.8 Å². The molecule has 1 rings (SSSR count). The summed E-state index contributed by atoms with van der Waals surface area (Å²) >= 11 is 0. The molecule has 0 unspecified atom stereocenters. The highest BCUT2D eigenvalue weighted by Gasteiger charge is 1.98. The summed E-state index contributed by atoms with van der Waals surface area (Å²) < 4.78 is 4.85. The molecule has 50 valence electrons. The van der Waals surface area contributed by atoms with E-state index in [1.54, 1.807) is 7.11 Å². The van der Waals surface area contributed by atoms with E-state index in [0.717, 1.165) is 11.4 Å². The maximum atomic E-state index is 4.85. The van der Waals surface area contributed by atoms with Crippen LogP contribution in [0.2, 0.25) is 0 Å². The molecule has 3 heteroatoms. The number of H-pyrrole nitrogens is 1. The molecule has 0 spiro atoms. The lowest BCUT2D eigenvalue weighted by molar-refractivity contribution is 0.383. The van der Waals surface area contributed by atoms with E-state index in [1.807, 2.05) is 13.8 Å². The summed E-state index contributed by atoms with van der Waals surface area (Å²) in [5, 5.41) is 0. The van der Waals surface area contributed by atoms with Crippen LogP contribution in [0.5, 0.6) is 6.01 Å². The first-order chi connectivity index (χ1) is 4.24. The van der Waals surface area contributed by atoms with E-state index in [4.69, 9.17) is 4.74 Å². The summed E-state index contributed by atoms with van der Waals surface area (Å²) in [7, 11) is 1.59. The van der Waals surface area contributed by atoms with Crippen molar-refractivity contribution in [1.82, 2.24) is 9.97 Å². The highest BCUT2D eigenvalue weighted by molar-refractivity contribution is 5.13.